The first kappa shape index (κ1) is 16.8. The van der Waals surface area contributed by atoms with E-state index in [1.165, 1.54) is 0 Å². The molecule has 0 saturated carbocycles. The van der Waals surface area contributed by atoms with Crippen LogP contribution in [0.5, 0.6) is 11.5 Å². The second-order valence-electron chi connectivity index (χ2n) is 5.47. The fourth-order valence-electron chi connectivity index (χ4n) is 2.38. The van der Waals surface area contributed by atoms with Gasteiger partial charge in [0.1, 0.15) is 17.3 Å². The topological polar surface area (TPSA) is 98.1 Å². The monoisotopic (exact) mass is 339 g/mol. The summed E-state index contributed by atoms with van der Waals surface area (Å²) in [6.07, 6.45) is 0. The summed E-state index contributed by atoms with van der Waals surface area (Å²) in [5.74, 6) is 2.87. The molecule has 0 bridgehead atoms. The summed E-state index contributed by atoms with van der Waals surface area (Å²) in [6, 6.07) is 14.9. The number of aromatic nitrogens is 3. The molecule has 1 atom stereocenters. The SMILES string of the molecule is COc1ccc(NCc2nc(C(N)c3ccc(OC)cc3)n[nH]2)cc1. The van der Waals surface area contributed by atoms with Crippen molar-refractivity contribution in [2.45, 2.75) is 12.6 Å². The predicted molar refractivity (Wildman–Crippen MR) is 95.7 cm³/mol. The fourth-order valence-corrected chi connectivity index (χ4v) is 2.38. The van der Waals surface area contributed by atoms with Crippen LogP contribution in [0.25, 0.3) is 0 Å². The Morgan fingerprint density at radius 3 is 2.20 bits per heavy atom. The highest BCUT2D eigenvalue weighted by Crippen LogP contribution is 2.20. The van der Waals surface area contributed by atoms with Crippen LogP contribution in [-0.4, -0.2) is 29.4 Å². The van der Waals surface area contributed by atoms with E-state index in [-0.39, 0.29) is 0 Å². The molecule has 1 aromatic heterocycles. The zero-order chi connectivity index (χ0) is 17.6. The van der Waals surface area contributed by atoms with E-state index in [0.29, 0.717) is 12.4 Å². The van der Waals surface area contributed by atoms with E-state index in [2.05, 4.69) is 20.5 Å². The first-order chi connectivity index (χ1) is 12.2. The van der Waals surface area contributed by atoms with Gasteiger partial charge in [-0.2, -0.15) is 5.10 Å². The molecular formula is C18H21N5O2. The highest BCUT2D eigenvalue weighted by Gasteiger charge is 2.14. The van der Waals surface area contributed by atoms with Gasteiger partial charge in [0.15, 0.2) is 5.82 Å². The zero-order valence-corrected chi connectivity index (χ0v) is 14.2. The summed E-state index contributed by atoms with van der Waals surface area (Å²) in [6.45, 7) is 0.522. The van der Waals surface area contributed by atoms with Crippen LogP contribution in [-0.2, 0) is 6.54 Å². The number of anilines is 1. The van der Waals surface area contributed by atoms with Gasteiger partial charge < -0.3 is 20.5 Å². The summed E-state index contributed by atoms with van der Waals surface area (Å²) < 4.78 is 10.3. The molecule has 3 rings (SSSR count). The molecule has 1 heterocycles. The molecule has 0 aliphatic rings. The lowest BCUT2D eigenvalue weighted by molar-refractivity contribution is 0.414. The molecule has 130 valence electrons. The number of nitrogens with two attached hydrogens (primary N) is 1. The number of benzene rings is 2. The number of hydrogen-bond acceptors (Lipinski definition) is 6. The molecule has 0 aliphatic heterocycles. The maximum atomic E-state index is 6.24. The van der Waals surface area contributed by atoms with E-state index in [9.17, 15) is 0 Å². The first-order valence-electron chi connectivity index (χ1n) is 7.88. The number of rotatable bonds is 7. The van der Waals surface area contributed by atoms with Crippen LogP contribution in [0.2, 0.25) is 0 Å². The lowest BCUT2D eigenvalue weighted by Crippen LogP contribution is -2.13. The number of nitrogens with one attached hydrogen (secondary N) is 2. The molecule has 3 aromatic rings. The van der Waals surface area contributed by atoms with Crippen LogP contribution >= 0.6 is 0 Å². The third kappa shape index (κ3) is 4.07. The maximum absolute atomic E-state index is 6.24. The Bertz CT molecular complexity index is 799. The number of nitrogens with zero attached hydrogens (tertiary/aromatic N) is 2. The van der Waals surface area contributed by atoms with Gasteiger partial charge in [-0.05, 0) is 42.0 Å². The van der Waals surface area contributed by atoms with Crippen LogP contribution in [0.3, 0.4) is 0 Å². The summed E-state index contributed by atoms with van der Waals surface area (Å²) in [5, 5.41) is 10.4. The minimum Gasteiger partial charge on any atom is -0.497 e. The molecule has 0 fully saturated rings. The standard InChI is InChI=1S/C18H21N5O2/c1-24-14-7-3-12(4-8-14)17(19)18-21-16(22-23-18)11-20-13-5-9-15(25-2)10-6-13/h3-10,17,20H,11,19H2,1-2H3,(H,21,22,23). The normalized spacial score (nSPS) is 11.8. The Balaban J connectivity index is 1.62. The zero-order valence-electron chi connectivity index (χ0n) is 14.2. The summed E-state index contributed by atoms with van der Waals surface area (Å²) in [5.41, 5.74) is 8.14. The van der Waals surface area contributed by atoms with Crippen molar-refractivity contribution in [3.05, 3.63) is 65.7 Å². The molecule has 4 N–H and O–H groups in total. The lowest BCUT2D eigenvalue weighted by Gasteiger charge is -2.08. The molecule has 7 heteroatoms. The first-order valence-corrected chi connectivity index (χ1v) is 7.88. The van der Waals surface area contributed by atoms with Crippen molar-refractivity contribution in [1.29, 1.82) is 0 Å². The van der Waals surface area contributed by atoms with E-state index in [1.807, 2.05) is 48.5 Å². The highest BCUT2D eigenvalue weighted by molar-refractivity contribution is 5.46. The smallest absolute Gasteiger partial charge is 0.171 e. The minimum atomic E-state index is -0.392. The van der Waals surface area contributed by atoms with Crippen molar-refractivity contribution in [3.8, 4) is 11.5 Å². The van der Waals surface area contributed by atoms with Crippen molar-refractivity contribution in [2.75, 3.05) is 19.5 Å². The predicted octanol–water partition coefficient (Wildman–Crippen LogP) is 2.48. The Morgan fingerprint density at radius 2 is 1.60 bits per heavy atom. The van der Waals surface area contributed by atoms with Crippen molar-refractivity contribution in [3.63, 3.8) is 0 Å². The van der Waals surface area contributed by atoms with Gasteiger partial charge in [-0.1, -0.05) is 12.1 Å². The van der Waals surface area contributed by atoms with E-state index in [0.717, 1.165) is 28.6 Å². The third-order valence-corrected chi connectivity index (χ3v) is 3.85. The number of aromatic amines is 1. The molecule has 0 amide bonds. The van der Waals surface area contributed by atoms with E-state index in [1.54, 1.807) is 14.2 Å². The molecule has 0 radical (unpaired) electrons. The number of ether oxygens (including phenoxy) is 2. The van der Waals surface area contributed by atoms with Gasteiger partial charge in [-0.25, -0.2) is 4.98 Å². The molecule has 7 nitrogen and oxygen atoms in total. The molecule has 1 unspecified atom stereocenters. The van der Waals surface area contributed by atoms with Crippen LogP contribution in [0.1, 0.15) is 23.3 Å². The summed E-state index contributed by atoms with van der Waals surface area (Å²) in [7, 11) is 3.27. The van der Waals surface area contributed by atoms with E-state index < -0.39 is 6.04 Å². The lowest BCUT2D eigenvalue weighted by atomic mass is 10.1. The van der Waals surface area contributed by atoms with Gasteiger partial charge in [0.25, 0.3) is 0 Å². The third-order valence-electron chi connectivity index (χ3n) is 3.85. The van der Waals surface area contributed by atoms with Gasteiger partial charge in [-0.3, -0.25) is 5.10 Å². The molecule has 25 heavy (non-hydrogen) atoms. The van der Waals surface area contributed by atoms with Crippen molar-refractivity contribution >= 4 is 5.69 Å². The fraction of sp³-hybridized carbons (Fsp3) is 0.222. The molecule has 0 spiro atoms. The summed E-state index contributed by atoms with van der Waals surface area (Å²) >= 11 is 0. The largest absolute Gasteiger partial charge is 0.497 e. The summed E-state index contributed by atoms with van der Waals surface area (Å²) in [4.78, 5) is 4.47. The average molecular weight is 339 g/mol. The number of methoxy groups -OCH3 is 2. The van der Waals surface area contributed by atoms with Crippen LogP contribution < -0.4 is 20.5 Å². The van der Waals surface area contributed by atoms with Gasteiger partial charge >= 0.3 is 0 Å². The van der Waals surface area contributed by atoms with Crippen molar-refractivity contribution < 1.29 is 9.47 Å². The van der Waals surface area contributed by atoms with Gasteiger partial charge in [0, 0.05) is 5.69 Å². The van der Waals surface area contributed by atoms with E-state index in [4.69, 9.17) is 15.2 Å². The minimum absolute atomic E-state index is 0.392. The van der Waals surface area contributed by atoms with Gasteiger partial charge in [0.2, 0.25) is 0 Å². The van der Waals surface area contributed by atoms with Crippen LogP contribution in [0.15, 0.2) is 48.5 Å². The Hall–Kier alpha value is -3.06. The van der Waals surface area contributed by atoms with Crippen molar-refractivity contribution in [2.24, 2.45) is 5.73 Å². The molecule has 0 aliphatic carbocycles. The van der Waals surface area contributed by atoms with Crippen LogP contribution in [0.4, 0.5) is 5.69 Å². The molecule has 2 aromatic carbocycles. The Labute approximate surface area is 146 Å². The quantitative estimate of drug-likeness (QED) is 0.612. The Morgan fingerprint density at radius 1 is 1.00 bits per heavy atom. The van der Waals surface area contributed by atoms with Crippen molar-refractivity contribution in [1.82, 2.24) is 15.2 Å². The van der Waals surface area contributed by atoms with E-state index >= 15 is 0 Å². The number of hydrogen-bond donors (Lipinski definition) is 3. The van der Waals surface area contributed by atoms with Crippen LogP contribution in [0, 0.1) is 0 Å². The second-order valence-corrected chi connectivity index (χ2v) is 5.47. The van der Waals surface area contributed by atoms with Gasteiger partial charge in [-0.15, -0.1) is 0 Å². The molecule has 0 saturated heterocycles. The highest BCUT2D eigenvalue weighted by atomic mass is 16.5. The van der Waals surface area contributed by atoms with Gasteiger partial charge in [0.05, 0.1) is 26.8 Å². The number of H-pyrrole nitrogens is 1. The molecular weight excluding hydrogens is 318 g/mol. The maximum Gasteiger partial charge on any atom is 0.171 e. The average Bonchev–Trinajstić information content (AvgIpc) is 3.15. The second kappa shape index (κ2) is 7.67. The Kier molecular flexibility index (Phi) is 5.15.